The lowest BCUT2D eigenvalue weighted by molar-refractivity contribution is 0.0748. The number of aliphatic hydroxyl groups excluding tert-OH is 1. The van der Waals surface area contributed by atoms with Crippen LogP contribution >= 0.6 is 0 Å². The maximum atomic E-state index is 13.2. The van der Waals surface area contributed by atoms with E-state index in [1.54, 1.807) is 17.0 Å². The van der Waals surface area contributed by atoms with Crippen molar-refractivity contribution in [1.29, 1.82) is 0 Å². The van der Waals surface area contributed by atoms with Gasteiger partial charge in [-0.25, -0.2) is 0 Å². The molecule has 3 aromatic rings. The molecule has 2 heterocycles. The van der Waals surface area contributed by atoms with Crippen LogP contribution in [0.1, 0.15) is 41.0 Å². The molecule has 4 rings (SSSR count). The van der Waals surface area contributed by atoms with Gasteiger partial charge in [-0.3, -0.25) is 9.89 Å². The zero-order chi connectivity index (χ0) is 20.5. The fourth-order valence-electron chi connectivity index (χ4n) is 3.76. The summed E-state index contributed by atoms with van der Waals surface area (Å²) in [5.41, 5.74) is 3.98. The first kappa shape index (κ1) is 19.3. The number of amides is 1. The maximum Gasteiger partial charge on any atom is 0.258 e. The summed E-state index contributed by atoms with van der Waals surface area (Å²) >= 11 is 0. The summed E-state index contributed by atoms with van der Waals surface area (Å²) in [7, 11) is 0. The van der Waals surface area contributed by atoms with Gasteiger partial charge in [-0.05, 0) is 41.7 Å². The van der Waals surface area contributed by atoms with Gasteiger partial charge in [0.2, 0.25) is 0 Å². The third-order valence-electron chi connectivity index (χ3n) is 5.14. The Morgan fingerprint density at radius 1 is 1.24 bits per heavy atom. The lowest BCUT2D eigenvalue weighted by atomic mass is 10.0. The Morgan fingerprint density at radius 3 is 2.79 bits per heavy atom. The summed E-state index contributed by atoms with van der Waals surface area (Å²) in [5.74, 6) is 0.846. The summed E-state index contributed by atoms with van der Waals surface area (Å²) in [6.07, 6.45) is 0.796. The summed E-state index contributed by atoms with van der Waals surface area (Å²) in [6, 6.07) is 9.00. The number of aromatic amines is 1. The number of hydrogen-bond donors (Lipinski definition) is 3. The molecule has 0 spiro atoms. The highest BCUT2D eigenvalue weighted by Gasteiger charge is 2.27. The highest BCUT2D eigenvalue weighted by Crippen LogP contribution is 2.32. The number of H-pyrrole nitrogens is 1. The largest absolute Gasteiger partial charge is 0.507 e. The van der Waals surface area contributed by atoms with Crippen molar-refractivity contribution in [1.82, 2.24) is 15.1 Å². The number of aromatic hydroxyl groups is 1. The minimum Gasteiger partial charge on any atom is -0.507 e. The van der Waals surface area contributed by atoms with Gasteiger partial charge in [-0.1, -0.05) is 19.9 Å². The van der Waals surface area contributed by atoms with Gasteiger partial charge in [-0.15, -0.1) is 0 Å². The first-order chi connectivity index (χ1) is 14.0. The minimum absolute atomic E-state index is 0.0454. The van der Waals surface area contributed by atoms with E-state index in [0.717, 1.165) is 34.1 Å². The van der Waals surface area contributed by atoms with Crippen LogP contribution in [-0.4, -0.2) is 44.4 Å². The molecule has 0 fully saturated rings. The third-order valence-corrected chi connectivity index (χ3v) is 5.14. The Morgan fingerprint density at radius 2 is 2.03 bits per heavy atom. The molecule has 0 saturated carbocycles. The van der Waals surface area contributed by atoms with Crippen LogP contribution in [0, 0.1) is 5.92 Å². The number of hydrogen-bond acceptors (Lipinski definition) is 5. The second kappa shape index (κ2) is 7.75. The molecule has 29 heavy (non-hydrogen) atoms. The van der Waals surface area contributed by atoms with Crippen molar-refractivity contribution in [3.8, 4) is 11.5 Å². The molecule has 152 valence electrons. The van der Waals surface area contributed by atoms with E-state index in [9.17, 15) is 9.90 Å². The topological polar surface area (TPSA) is 98.7 Å². The fourth-order valence-corrected chi connectivity index (χ4v) is 3.76. The number of phenols is 1. The highest BCUT2D eigenvalue weighted by molar-refractivity contribution is 6.01. The number of ether oxygens (including phenoxy) is 1. The van der Waals surface area contributed by atoms with Crippen molar-refractivity contribution >= 4 is 16.8 Å². The van der Waals surface area contributed by atoms with E-state index < -0.39 is 0 Å². The number of carbonyl (C=O) groups is 1. The van der Waals surface area contributed by atoms with E-state index >= 15 is 0 Å². The summed E-state index contributed by atoms with van der Waals surface area (Å²) in [5, 5.41) is 27.5. The molecule has 1 aromatic heterocycles. The molecule has 7 nitrogen and oxygen atoms in total. The van der Waals surface area contributed by atoms with E-state index in [4.69, 9.17) is 9.84 Å². The van der Waals surface area contributed by atoms with E-state index in [-0.39, 0.29) is 30.4 Å². The number of aromatic nitrogens is 2. The standard InChI is InChI=1S/C22H25N3O4/c1-13(2)7-19-17-9-18(21(27)10-20(17)24-23-19)22(28)25-11-14-3-4-16(29-6-5-26)8-15(14)12-25/h3-4,8-10,13,26-27H,5-7,11-12H2,1-2H3,(H,23,24). The van der Waals surface area contributed by atoms with Crippen LogP contribution < -0.4 is 4.74 Å². The molecule has 0 unspecified atom stereocenters. The van der Waals surface area contributed by atoms with E-state index in [0.29, 0.717) is 24.8 Å². The Bertz CT molecular complexity index is 1060. The lowest BCUT2D eigenvalue weighted by Crippen LogP contribution is -2.25. The summed E-state index contributed by atoms with van der Waals surface area (Å²) in [4.78, 5) is 14.9. The van der Waals surface area contributed by atoms with Gasteiger partial charge >= 0.3 is 0 Å². The maximum absolute atomic E-state index is 13.2. The lowest BCUT2D eigenvalue weighted by Gasteiger charge is -2.16. The Kier molecular flexibility index (Phi) is 5.15. The van der Waals surface area contributed by atoms with Crippen molar-refractivity contribution in [2.24, 2.45) is 5.92 Å². The zero-order valence-electron chi connectivity index (χ0n) is 16.6. The number of aliphatic hydroxyl groups is 1. The Labute approximate surface area is 168 Å². The quantitative estimate of drug-likeness (QED) is 0.596. The summed E-state index contributed by atoms with van der Waals surface area (Å²) < 4.78 is 5.46. The third kappa shape index (κ3) is 3.78. The van der Waals surface area contributed by atoms with Crippen LogP contribution in [0.25, 0.3) is 10.9 Å². The SMILES string of the molecule is CC(C)Cc1n[nH]c2cc(O)c(C(=O)N3Cc4ccc(OCCO)cc4C3)cc12. The molecule has 1 aliphatic rings. The molecule has 2 aromatic carbocycles. The predicted octanol–water partition coefficient (Wildman–Crippen LogP) is 2.99. The monoisotopic (exact) mass is 395 g/mol. The molecule has 3 N–H and O–H groups in total. The van der Waals surface area contributed by atoms with Gasteiger partial charge in [0.15, 0.2) is 0 Å². The van der Waals surface area contributed by atoms with Crippen molar-refractivity contribution < 1.29 is 19.7 Å². The molecular weight excluding hydrogens is 370 g/mol. The predicted molar refractivity (Wildman–Crippen MR) is 109 cm³/mol. The summed E-state index contributed by atoms with van der Waals surface area (Å²) in [6.45, 7) is 5.36. The van der Waals surface area contributed by atoms with Crippen LogP contribution in [0.5, 0.6) is 11.5 Å². The number of rotatable bonds is 6. The van der Waals surface area contributed by atoms with E-state index in [1.165, 1.54) is 0 Å². The van der Waals surface area contributed by atoms with Crippen molar-refractivity contribution in [3.63, 3.8) is 0 Å². The molecule has 0 atom stereocenters. The number of phenolic OH excluding ortho intramolecular Hbond substituents is 1. The molecule has 0 aliphatic carbocycles. The van der Waals surface area contributed by atoms with Gasteiger partial charge < -0.3 is 19.8 Å². The first-order valence-corrected chi connectivity index (χ1v) is 9.81. The van der Waals surface area contributed by atoms with Gasteiger partial charge in [0, 0.05) is 24.5 Å². The number of nitrogens with zero attached hydrogens (tertiary/aromatic N) is 2. The van der Waals surface area contributed by atoms with Crippen molar-refractivity contribution in [3.05, 3.63) is 52.7 Å². The Balaban J connectivity index is 1.59. The molecule has 0 bridgehead atoms. The fraction of sp³-hybridized carbons (Fsp3) is 0.364. The number of carbonyl (C=O) groups excluding carboxylic acids is 1. The van der Waals surface area contributed by atoms with E-state index in [2.05, 4.69) is 24.0 Å². The van der Waals surface area contributed by atoms with Crippen LogP contribution in [-0.2, 0) is 19.5 Å². The van der Waals surface area contributed by atoms with Crippen molar-refractivity contribution in [2.75, 3.05) is 13.2 Å². The minimum atomic E-state index is -0.213. The van der Waals surface area contributed by atoms with Crippen LogP contribution in [0.2, 0.25) is 0 Å². The Hall–Kier alpha value is -3.06. The molecule has 1 aliphatic heterocycles. The normalized spacial score (nSPS) is 13.3. The molecule has 0 radical (unpaired) electrons. The number of nitrogens with one attached hydrogen (secondary N) is 1. The van der Waals surface area contributed by atoms with Crippen LogP contribution in [0.3, 0.4) is 0 Å². The average molecular weight is 395 g/mol. The molecular formula is C22H25N3O4. The first-order valence-electron chi connectivity index (χ1n) is 9.81. The smallest absolute Gasteiger partial charge is 0.258 e. The van der Waals surface area contributed by atoms with E-state index in [1.807, 2.05) is 18.2 Å². The number of benzene rings is 2. The molecule has 7 heteroatoms. The van der Waals surface area contributed by atoms with Gasteiger partial charge in [-0.2, -0.15) is 5.10 Å². The van der Waals surface area contributed by atoms with Crippen LogP contribution in [0.4, 0.5) is 0 Å². The van der Waals surface area contributed by atoms with Crippen molar-refractivity contribution in [2.45, 2.75) is 33.4 Å². The average Bonchev–Trinajstić information content (AvgIpc) is 3.28. The number of fused-ring (bicyclic) bond motifs is 2. The van der Waals surface area contributed by atoms with Gasteiger partial charge in [0.25, 0.3) is 5.91 Å². The van der Waals surface area contributed by atoms with Gasteiger partial charge in [0.05, 0.1) is 23.4 Å². The highest BCUT2D eigenvalue weighted by atomic mass is 16.5. The van der Waals surface area contributed by atoms with Gasteiger partial charge in [0.1, 0.15) is 18.1 Å². The second-order valence-electron chi connectivity index (χ2n) is 7.85. The van der Waals surface area contributed by atoms with Crippen LogP contribution in [0.15, 0.2) is 30.3 Å². The molecule has 0 saturated heterocycles. The molecule has 1 amide bonds. The second-order valence-corrected chi connectivity index (χ2v) is 7.85. The zero-order valence-corrected chi connectivity index (χ0v) is 16.6.